The summed E-state index contributed by atoms with van der Waals surface area (Å²) in [5, 5.41) is 3.23. The van der Waals surface area contributed by atoms with Crippen molar-refractivity contribution < 1.29 is 0 Å². The fourth-order valence-electron chi connectivity index (χ4n) is 1.91. The SMILES string of the molecule is Brc1cnc(NCCN2CCCCC2)nc1. The highest BCUT2D eigenvalue weighted by molar-refractivity contribution is 9.10. The van der Waals surface area contributed by atoms with Crippen molar-refractivity contribution in [3.05, 3.63) is 16.9 Å². The molecule has 0 amide bonds. The van der Waals surface area contributed by atoms with Gasteiger partial charge >= 0.3 is 0 Å². The molecule has 0 bridgehead atoms. The average molecular weight is 285 g/mol. The van der Waals surface area contributed by atoms with E-state index in [0.717, 1.165) is 17.6 Å². The molecule has 1 aromatic heterocycles. The number of rotatable bonds is 4. The van der Waals surface area contributed by atoms with Crippen LogP contribution in [0.1, 0.15) is 19.3 Å². The topological polar surface area (TPSA) is 41.1 Å². The Bertz CT molecular complexity index is 308. The Hall–Kier alpha value is -0.680. The van der Waals surface area contributed by atoms with E-state index in [2.05, 4.69) is 36.1 Å². The van der Waals surface area contributed by atoms with Gasteiger partial charge in [0.1, 0.15) is 0 Å². The molecular weight excluding hydrogens is 268 g/mol. The number of nitrogens with one attached hydrogen (secondary N) is 1. The second kappa shape index (κ2) is 6.15. The van der Waals surface area contributed by atoms with Gasteiger partial charge in [-0.25, -0.2) is 9.97 Å². The van der Waals surface area contributed by atoms with Crippen LogP contribution in [-0.4, -0.2) is 41.0 Å². The maximum atomic E-state index is 4.17. The third-order valence-electron chi connectivity index (χ3n) is 2.78. The summed E-state index contributed by atoms with van der Waals surface area (Å²) in [6.45, 7) is 4.48. The number of piperidine rings is 1. The zero-order valence-electron chi connectivity index (χ0n) is 9.32. The first-order chi connectivity index (χ1) is 7.84. The Morgan fingerprint density at radius 1 is 1.19 bits per heavy atom. The molecule has 4 nitrogen and oxygen atoms in total. The molecule has 0 saturated carbocycles. The highest BCUT2D eigenvalue weighted by Crippen LogP contribution is 2.08. The molecule has 1 saturated heterocycles. The lowest BCUT2D eigenvalue weighted by molar-refractivity contribution is 0.237. The number of hydrogen-bond acceptors (Lipinski definition) is 4. The minimum atomic E-state index is 0.709. The fraction of sp³-hybridized carbons (Fsp3) is 0.636. The quantitative estimate of drug-likeness (QED) is 0.920. The largest absolute Gasteiger partial charge is 0.353 e. The number of anilines is 1. The van der Waals surface area contributed by atoms with Gasteiger partial charge in [-0.3, -0.25) is 0 Å². The predicted molar refractivity (Wildman–Crippen MR) is 68.5 cm³/mol. The number of nitrogens with zero attached hydrogens (tertiary/aromatic N) is 3. The second-order valence-electron chi connectivity index (χ2n) is 4.05. The van der Waals surface area contributed by atoms with Crippen molar-refractivity contribution in [2.45, 2.75) is 19.3 Å². The Morgan fingerprint density at radius 2 is 1.88 bits per heavy atom. The van der Waals surface area contributed by atoms with E-state index in [-0.39, 0.29) is 0 Å². The first-order valence-corrected chi connectivity index (χ1v) is 6.58. The lowest BCUT2D eigenvalue weighted by atomic mass is 10.1. The molecule has 0 spiro atoms. The van der Waals surface area contributed by atoms with Crippen LogP contribution in [0.5, 0.6) is 0 Å². The number of hydrogen-bond donors (Lipinski definition) is 1. The van der Waals surface area contributed by atoms with Crippen molar-refractivity contribution in [3.8, 4) is 0 Å². The highest BCUT2D eigenvalue weighted by atomic mass is 79.9. The number of aromatic nitrogens is 2. The summed E-state index contributed by atoms with van der Waals surface area (Å²) >= 11 is 3.32. The predicted octanol–water partition coefficient (Wildman–Crippen LogP) is 2.14. The summed E-state index contributed by atoms with van der Waals surface area (Å²) < 4.78 is 0.911. The minimum absolute atomic E-state index is 0.709. The van der Waals surface area contributed by atoms with Crippen molar-refractivity contribution in [3.63, 3.8) is 0 Å². The van der Waals surface area contributed by atoms with Crippen LogP contribution in [0.3, 0.4) is 0 Å². The molecule has 0 unspecified atom stereocenters. The maximum Gasteiger partial charge on any atom is 0.222 e. The lowest BCUT2D eigenvalue weighted by Crippen LogP contribution is -2.33. The van der Waals surface area contributed by atoms with Crippen LogP contribution in [0, 0.1) is 0 Å². The molecule has 16 heavy (non-hydrogen) atoms. The number of halogens is 1. The fourth-order valence-corrected chi connectivity index (χ4v) is 2.12. The molecule has 2 heterocycles. The molecule has 1 aliphatic rings. The highest BCUT2D eigenvalue weighted by Gasteiger charge is 2.08. The zero-order chi connectivity index (χ0) is 11.2. The molecular formula is C11H17BrN4. The van der Waals surface area contributed by atoms with E-state index in [1.165, 1.54) is 32.4 Å². The van der Waals surface area contributed by atoms with Gasteiger partial charge in [0.05, 0.1) is 4.47 Å². The average Bonchev–Trinajstić information content (AvgIpc) is 2.33. The molecule has 0 radical (unpaired) electrons. The first kappa shape index (κ1) is 11.8. The Kier molecular flexibility index (Phi) is 4.54. The van der Waals surface area contributed by atoms with Crippen molar-refractivity contribution in [2.24, 2.45) is 0 Å². The van der Waals surface area contributed by atoms with E-state index < -0.39 is 0 Å². The van der Waals surface area contributed by atoms with Crippen LogP contribution >= 0.6 is 15.9 Å². The summed E-state index contributed by atoms with van der Waals surface area (Å²) in [6.07, 6.45) is 7.59. The van der Waals surface area contributed by atoms with Gasteiger partial charge in [0.25, 0.3) is 0 Å². The second-order valence-corrected chi connectivity index (χ2v) is 4.97. The van der Waals surface area contributed by atoms with Crippen LogP contribution < -0.4 is 5.32 Å². The van der Waals surface area contributed by atoms with Crippen LogP contribution in [-0.2, 0) is 0 Å². The van der Waals surface area contributed by atoms with Gasteiger partial charge < -0.3 is 10.2 Å². The van der Waals surface area contributed by atoms with Crippen molar-refractivity contribution in [1.82, 2.24) is 14.9 Å². The molecule has 88 valence electrons. The Morgan fingerprint density at radius 3 is 2.56 bits per heavy atom. The molecule has 0 atom stereocenters. The van der Waals surface area contributed by atoms with E-state index >= 15 is 0 Å². The molecule has 1 aromatic rings. The smallest absolute Gasteiger partial charge is 0.222 e. The Labute approximate surface area is 105 Å². The first-order valence-electron chi connectivity index (χ1n) is 5.78. The minimum Gasteiger partial charge on any atom is -0.353 e. The van der Waals surface area contributed by atoms with E-state index in [9.17, 15) is 0 Å². The van der Waals surface area contributed by atoms with E-state index in [0.29, 0.717) is 5.95 Å². The molecule has 5 heteroatoms. The molecule has 0 aliphatic carbocycles. The van der Waals surface area contributed by atoms with Crippen LogP contribution in [0.15, 0.2) is 16.9 Å². The maximum absolute atomic E-state index is 4.17. The molecule has 1 aliphatic heterocycles. The van der Waals surface area contributed by atoms with Crippen LogP contribution in [0.25, 0.3) is 0 Å². The standard InChI is InChI=1S/C11H17BrN4/c12-10-8-14-11(15-9-10)13-4-7-16-5-2-1-3-6-16/h8-9H,1-7H2,(H,13,14,15). The third-order valence-corrected chi connectivity index (χ3v) is 3.19. The molecule has 2 rings (SSSR count). The third kappa shape index (κ3) is 3.72. The van der Waals surface area contributed by atoms with Crippen LogP contribution in [0.2, 0.25) is 0 Å². The van der Waals surface area contributed by atoms with Crippen molar-refractivity contribution in [1.29, 1.82) is 0 Å². The summed E-state index contributed by atoms with van der Waals surface area (Å²) in [5.41, 5.74) is 0. The summed E-state index contributed by atoms with van der Waals surface area (Å²) in [7, 11) is 0. The summed E-state index contributed by atoms with van der Waals surface area (Å²) in [5.74, 6) is 0.709. The van der Waals surface area contributed by atoms with Crippen LogP contribution in [0.4, 0.5) is 5.95 Å². The lowest BCUT2D eigenvalue weighted by Gasteiger charge is -2.26. The van der Waals surface area contributed by atoms with Crippen molar-refractivity contribution >= 4 is 21.9 Å². The van der Waals surface area contributed by atoms with E-state index in [1.807, 2.05) is 0 Å². The molecule has 1 fully saturated rings. The normalized spacial score (nSPS) is 17.3. The molecule has 1 N–H and O–H groups in total. The van der Waals surface area contributed by atoms with Crippen molar-refractivity contribution in [2.75, 3.05) is 31.5 Å². The van der Waals surface area contributed by atoms with Gasteiger partial charge in [0.15, 0.2) is 0 Å². The van der Waals surface area contributed by atoms with Gasteiger partial charge in [0.2, 0.25) is 5.95 Å². The summed E-state index contributed by atoms with van der Waals surface area (Å²) in [6, 6.07) is 0. The van der Waals surface area contributed by atoms with Gasteiger partial charge in [-0.1, -0.05) is 6.42 Å². The monoisotopic (exact) mass is 284 g/mol. The summed E-state index contributed by atoms with van der Waals surface area (Å²) in [4.78, 5) is 10.8. The Balaban J connectivity index is 1.69. The van der Waals surface area contributed by atoms with Gasteiger partial charge in [-0.15, -0.1) is 0 Å². The number of likely N-dealkylation sites (tertiary alicyclic amines) is 1. The van der Waals surface area contributed by atoms with Gasteiger partial charge in [-0.05, 0) is 41.9 Å². The van der Waals surface area contributed by atoms with Gasteiger partial charge in [0, 0.05) is 25.5 Å². The molecule has 0 aromatic carbocycles. The van der Waals surface area contributed by atoms with Gasteiger partial charge in [-0.2, -0.15) is 0 Å². The van der Waals surface area contributed by atoms with E-state index in [1.54, 1.807) is 12.4 Å². The zero-order valence-corrected chi connectivity index (χ0v) is 10.9. The van der Waals surface area contributed by atoms with E-state index in [4.69, 9.17) is 0 Å².